The molecular formula is C14H29N3O6S. The number of thioether (sulfide) groups is 1. The molecule has 0 unspecified atom stereocenters. The lowest BCUT2D eigenvalue weighted by Gasteiger charge is -2.61. The number of amides is 1. The maximum absolute atomic E-state index is 12.6. The molecule has 1 amide bonds. The largest absolute Gasteiger partial charge is 0.481 e. The van der Waals surface area contributed by atoms with Gasteiger partial charge in [-0.3, -0.25) is 9.59 Å². The van der Waals surface area contributed by atoms with E-state index in [9.17, 15) is 19.5 Å². The number of carboxylic acid groups (broad SMARTS) is 2. The Hall–Kier alpha value is -1.36. The Kier molecular flexibility index (Phi) is 8.45. The molecule has 10 heteroatoms. The lowest BCUT2D eigenvalue weighted by Crippen LogP contribution is -2.72. The van der Waals surface area contributed by atoms with Gasteiger partial charge in [-0.2, -0.15) is 0 Å². The molecule has 0 aromatic rings. The Morgan fingerprint density at radius 1 is 1.17 bits per heavy atom. The first kappa shape index (κ1) is 24.9. The monoisotopic (exact) mass is 367 g/mol. The summed E-state index contributed by atoms with van der Waals surface area (Å²) in [5.41, 5.74) is 5.68. The molecular weight excluding hydrogens is 338 g/mol. The van der Waals surface area contributed by atoms with Crippen molar-refractivity contribution in [1.29, 1.82) is 0 Å². The van der Waals surface area contributed by atoms with Crippen LogP contribution in [0.3, 0.4) is 0 Å². The number of nitrogens with zero attached hydrogens (tertiary/aromatic N) is 1. The zero-order chi connectivity index (χ0) is 17.5. The first-order valence-electron chi connectivity index (χ1n) is 7.04. The molecule has 0 saturated carbocycles. The van der Waals surface area contributed by atoms with Crippen LogP contribution in [0.15, 0.2) is 0 Å². The van der Waals surface area contributed by atoms with Gasteiger partial charge in [0.25, 0.3) is 0 Å². The van der Waals surface area contributed by atoms with Gasteiger partial charge in [0.1, 0.15) is 6.04 Å². The number of carbonyl (C=O) groups is 3. The zero-order valence-corrected chi connectivity index (χ0v) is 15.5. The average Bonchev–Trinajstić information content (AvgIpc) is 2.31. The van der Waals surface area contributed by atoms with E-state index in [0.29, 0.717) is 0 Å². The van der Waals surface area contributed by atoms with Crippen molar-refractivity contribution >= 4 is 29.6 Å². The van der Waals surface area contributed by atoms with Gasteiger partial charge in [0.2, 0.25) is 5.91 Å². The predicted octanol–water partition coefficient (Wildman–Crippen LogP) is 0.100. The number of hydrogen-bond acceptors (Lipinski definition) is 6. The molecule has 1 fully saturated rings. The molecule has 0 aliphatic carbocycles. The molecule has 0 radical (unpaired) electrons. The third kappa shape index (κ3) is 4.82. The van der Waals surface area contributed by atoms with Crippen molar-refractivity contribution in [3.8, 4) is 0 Å². The Morgan fingerprint density at radius 2 is 1.58 bits per heavy atom. The highest BCUT2D eigenvalue weighted by Crippen LogP contribution is 2.57. The number of aliphatic carboxylic acids is 2. The van der Waals surface area contributed by atoms with Gasteiger partial charge in [-0.15, -0.1) is 11.8 Å². The molecule has 0 bridgehead atoms. The Labute approximate surface area is 145 Å². The highest BCUT2D eigenvalue weighted by Gasteiger charge is 2.59. The standard InChI is InChI=1S/C14H24N2O5S.H3N.H2O/c1-7(11(20)21)16(10(19)8(15)6-9(17)18)12-13(2,3)22-14(12,4)5;;/h7-8,12H,6,15H2,1-5H3,(H,17,18)(H,20,21);1H3;1H2/t7-,8+;;/m1../s1. The van der Waals surface area contributed by atoms with E-state index in [-0.39, 0.29) is 27.2 Å². The average molecular weight is 367 g/mol. The molecule has 1 saturated heterocycles. The van der Waals surface area contributed by atoms with Crippen LogP contribution in [0, 0.1) is 0 Å². The van der Waals surface area contributed by atoms with Crippen LogP contribution in [-0.4, -0.2) is 66.1 Å². The molecule has 9 nitrogen and oxygen atoms in total. The molecule has 2 atom stereocenters. The molecule has 142 valence electrons. The minimum Gasteiger partial charge on any atom is -0.481 e. The zero-order valence-electron chi connectivity index (χ0n) is 14.7. The van der Waals surface area contributed by atoms with Crippen molar-refractivity contribution in [2.75, 3.05) is 0 Å². The molecule has 0 aromatic heterocycles. The second kappa shape index (κ2) is 8.15. The van der Waals surface area contributed by atoms with Gasteiger partial charge in [-0.25, -0.2) is 4.79 Å². The number of nitrogens with two attached hydrogens (primary N) is 1. The SMILES string of the molecule is C[C@H](C(=O)O)N(C(=O)[C@@H](N)CC(=O)O)C1C(C)(C)SC1(C)C.N.O. The second-order valence-corrected chi connectivity index (χ2v) is 8.98. The fourth-order valence-corrected chi connectivity index (χ4v) is 5.58. The lowest BCUT2D eigenvalue weighted by atomic mass is 9.86. The third-order valence-electron chi connectivity index (χ3n) is 3.86. The van der Waals surface area contributed by atoms with Crippen LogP contribution in [0.25, 0.3) is 0 Å². The summed E-state index contributed by atoms with van der Waals surface area (Å²) in [6, 6.07) is -2.67. The fraction of sp³-hybridized carbons (Fsp3) is 0.786. The summed E-state index contributed by atoms with van der Waals surface area (Å²) in [6.07, 6.45) is -0.525. The fourth-order valence-electron chi connectivity index (χ4n) is 3.37. The first-order chi connectivity index (χ1) is 9.81. The molecule has 1 heterocycles. The maximum Gasteiger partial charge on any atom is 0.326 e. The molecule has 24 heavy (non-hydrogen) atoms. The molecule has 9 N–H and O–H groups in total. The Morgan fingerprint density at radius 3 is 1.88 bits per heavy atom. The van der Waals surface area contributed by atoms with Crippen LogP contribution in [0.4, 0.5) is 0 Å². The van der Waals surface area contributed by atoms with E-state index in [1.54, 1.807) is 11.8 Å². The van der Waals surface area contributed by atoms with Gasteiger partial charge in [0.05, 0.1) is 18.5 Å². The highest BCUT2D eigenvalue weighted by molar-refractivity contribution is 8.03. The van der Waals surface area contributed by atoms with Gasteiger partial charge in [-0.1, -0.05) is 0 Å². The van der Waals surface area contributed by atoms with Crippen molar-refractivity contribution in [1.82, 2.24) is 11.1 Å². The number of hydrogen-bond donors (Lipinski definition) is 4. The minimum atomic E-state index is -1.25. The summed E-state index contributed by atoms with van der Waals surface area (Å²) < 4.78 is -0.655. The molecule has 1 aliphatic rings. The van der Waals surface area contributed by atoms with E-state index < -0.39 is 36.4 Å². The summed E-state index contributed by atoms with van der Waals surface area (Å²) >= 11 is 1.65. The molecule has 0 spiro atoms. The van der Waals surface area contributed by atoms with Crippen molar-refractivity contribution in [3.05, 3.63) is 0 Å². The van der Waals surface area contributed by atoms with Crippen LogP contribution < -0.4 is 11.9 Å². The van der Waals surface area contributed by atoms with Gasteiger partial charge in [0, 0.05) is 9.49 Å². The van der Waals surface area contributed by atoms with E-state index >= 15 is 0 Å². The van der Waals surface area contributed by atoms with Crippen LogP contribution in [0.2, 0.25) is 0 Å². The molecule has 0 aromatic carbocycles. The Balaban J connectivity index is 0. The molecule has 1 aliphatic heterocycles. The summed E-state index contributed by atoms with van der Waals surface area (Å²) in [5, 5.41) is 18.1. The van der Waals surface area contributed by atoms with Crippen LogP contribution in [-0.2, 0) is 14.4 Å². The molecule has 1 rings (SSSR count). The van der Waals surface area contributed by atoms with Gasteiger partial charge >= 0.3 is 11.9 Å². The second-order valence-electron chi connectivity index (χ2n) is 6.68. The van der Waals surface area contributed by atoms with Crippen LogP contribution in [0.5, 0.6) is 0 Å². The summed E-state index contributed by atoms with van der Waals surface area (Å²) in [7, 11) is 0. The smallest absolute Gasteiger partial charge is 0.326 e. The van der Waals surface area contributed by atoms with Crippen molar-refractivity contribution in [2.45, 2.75) is 68.7 Å². The minimum absolute atomic E-state index is 0. The van der Waals surface area contributed by atoms with E-state index in [1.165, 1.54) is 11.8 Å². The normalized spacial score (nSPS) is 20.4. The van der Waals surface area contributed by atoms with E-state index in [2.05, 4.69) is 0 Å². The topological polar surface area (TPSA) is 187 Å². The Bertz CT molecular complexity index is 483. The van der Waals surface area contributed by atoms with E-state index in [1.807, 2.05) is 27.7 Å². The van der Waals surface area contributed by atoms with Gasteiger partial charge in [-0.05, 0) is 34.6 Å². The van der Waals surface area contributed by atoms with E-state index in [0.717, 1.165) is 0 Å². The summed E-state index contributed by atoms with van der Waals surface area (Å²) in [6.45, 7) is 9.16. The van der Waals surface area contributed by atoms with Crippen molar-refractivity contribution in [3.63, 3.8) is 0 Å². The summed E-state index contributed by atoms with van der Waals surface area (Å²) in [5.74, 6) is -2.96. The van der Waals surface area contributed by atoms with Crippen molar-refractivity contribution < 1.29 is 30.1 Å². The highest BCUT2D eigenvalue weighted by atomic mass is 32.2. The van der Waals surface area contributed by atoms with Crippen LogP contribution >= 0.6 is 11.8 Å². The van der Waals surface area contributed by atoms with Gasteiger partial charge in [0.15, 0.2) is 0 Å². The van der Waals surface area contributed by atoms with E-state index in [4.69, 9.17) is 10.8 Å². The van der Waals surface area contributed by atoms with Crippen molar-refractivity contribution in [2.24, 2.45) is 5.73 Å². The first-order valence-corrected chi connectivity index (χ1v) is 7.85. The summed E-state index contributed by atoms with van der Waals surface area (Å²) in [4.78, 5) is 36.0. The van der Waals surface area contributed by atoms with Crippen LogP contribution in [0.1, 0.15) is 41.0 Å². The number of rotatable bonds is 6. The number of carbonyl (C=O) groups excluding carboxylic acids is 1. The lowest BCUT2D eigenvalue weighted by molar-refractivity contribution is -0.155. The van der Waals surface area contributed by atoms with Gasteiger partial charge < -0.3 is 32.5 Å². The predicted molar refractivity (Wildman–Crippen MR) is 92.3 cm³/mol. The number of carboxylic acids is 2. The quantitative estimate of drug-likeness (QED) is 0.508. The third-order valence-corrected chi connectivity index (χ3v) is 5.36. The maximum atomic E-state index is 12.6.